The van der Waals surface area contributed by atoms with Gasteiger partial charge in [-0.1, -0.05) is 6.07 Å². The van der Waals surface area contributed by atoms with E-state index in [9.17, 15) is 9.59 Å². The summed E-state index contributed by atoms with van der Waals surface area (Å²) >= 11 is 2.94. The number of halogens is 1. The van der Waals surface area contributed by atoms with Gasteiger partial charge in [-0.3, -0.25) is 9.59 Å². The number of benzene rings is 1. The zero-order valence-corrected chi connectivity index (χ0v) is 18.9. The van der Waals surface area contributed by atoms with Crippen LogP contribution in [0, 0.1) is 6.92 Å². The fourth-order valence-electron chi connectivity index (χ4n) is 2.08. The molecule has 7 nitrogen and oxygen atoms in total. The Labute approximate surface area is 178 Å². The Morgan fingerprint density at radius 3 is 2.81 bits per heavy atom. The van der Waals surface area contributed by atoms with Crippen molar-refractivity contribution in [3.05, 3.63) is 40.9 Å². The molecule has 2 unspecified atom stereocenters. The lowest BCUT2D eigenvalue weighted by Gasteiger charge is -2.15. The number of rotatable bonds is 10. The first-order chi connectivity index (χ1) is 13.0. The van der Waals surface area contributed by atoms with Gasteiger partial charge in [0.2, 0.25) is 0 Å². The average molecular weight is 521 g/mol. The van der Waals surface area contributed by atoms with Gasteiger partial charge in [-0.2, -0.15) is 0 Å². The number of hydrogen-bond acceptors (Lipinski definition) is 6. The topological polar surface area (TPSA) is 89.6 Å². The van der Waals surface area contributed by atoms with Gasteiger partial charge in [0.15, 0.2) is 6.61 Å². The molecule has 2 amide bonds. The van der Waals surface area contributed by atoms with Crippen molar-refractivity contribution in [1.29, 1.82) is 0 Å². The Kier molecular flexibility index (Phi) is 9.40. The summed E-state index contributed by atoms with van der Waals surface area (Å²) in [5.74, 6) is 0.259. The second-order valence-electron chi connectivity index (χ2n) is 5.74. The predicted octanol–water partition coefficient (Wildman–Crippen LogP) is 2.00. The van der Waals surface area contributed by atoms with Crippen molar-refractivity contribution in [2.45, 2.75) is 19.4 Å². The summed E-state index contributed by atoms with van der Waals surface area (Å²) in [5, 5.41) is 6.61. The largest absolute Gasteiger partial charge is 0.484 e. The van der Waals surface area contributed by atoms with Gasteiger partial charge in [-0.25, -0.2) is 4.37 Å². The van der Waals surface area contributed by atoms with E-state index in [2.05, 4.69) is 24.2 Å². The summed E-state index contributed by atoms with van der Waals surface area (Å²) in [4.78, 5) is 24.4. The number of hydrogen-bond donors (Lipinski definition) is 2. The van der Waals surface area contributed by atoms with E-state index in [-0.39, 0.29) is 24.5 Å². The Bertz CT molecular complexity index is 761. The summed E-state index contributed by atoms with van der Waals surface area (Å²) in [6.45, 7) is 2.72. The lowest BCUT2D eigenvalue weighted by Crippen LogP contribution is -2.37. The highest BCUT2D eigenvalue weighted by Gasteiger charge is 2.13. The van der Waals surface area contributed by atoms with E-state index < -0.39 is 0 Å². The van der Waals surface area contributed by atoms with E-state index in [0.717, 1.165) is 22.4 Å². The van der Waals surface area contributed by atoms with Gasteiger partial charge in [0.05, 0.1) is 6.10 Å². The lowest BCUT2D eigenvalue weighted by molar-refractivity contribution is -0.123. The molecule has 0 radical (unpaired) electrons. The molecule has 0 bridgehead atoms. The summed E-state index contributed by atoms with van der Waals surface area (Å²) in [7, 11) is 2.63. The highest BCUT2D eigenvalue weighted by atomic mass is 127. The summed E-state index contributed by atoms with van der Waals surface area (Å²) in [6, 6.07) is 7.31. The third-order valence-corrected chi connectivity index (χ3v) is 5.77. The third-order valence-electron chi connectivity index (χ3n) is 3.69. The van der Waals surface area contributed by atoms with Crippen molar-refractivity contribution in [1.82, 2.24) is 15.0 Å². The number of aromatic nitrogens is 1. The molecular weight excluding hydrogens is 500 g/mol. The van der Waals surface area contributed by atoms with Crippen molar-refractivity contribution >= 4 is 60.9 Å². The maximum Gasteiger partial charge on any atom is 0.262 e. The molecule has 2 rings (SSSR count). The maximum atomic E-state index is 12.0. The SMILES string of the molecule is Cc1ccc(OCC(=O)NCC(CCNC(=O)c2ccns2)OI)cc1P. The predicted molar refractivity (Wildman–Crippen MR) is 117 cm³/mol. The van der Waals surface area contributed by atoms with Gasteiger partial charge < -0.3 is 18.4 Å². The van der Waals surface area contributed by atoms with Gasteiger partial charge in [-0.05, 0) is 53.9 Å². The van der Waals surface area contributed by atoms with Crippen LogP contribution in [0.25, 0.3) is 0 Å². The molecule has 0 saturated carbocycles. The zero-order chi connectivity index (χ0) is 19.6. The average Bonchev–Trinajstić information content (AvgIpc) is 3.20. The summed E-state index contributed by atoms with van der Waals surface area (Å²) in [5.41, 5.74) is 1.14. The van der Waals surface area contributed by atoms with Crippen LogP contribution < -0.4 is 20.7 Å². The van der Waals surface area contributed by atoms with Crippen LogP contribution in [-0.2, 0) is 7.86 Å². The molecule has 10 heteroatoms. The van der Waals surface area contributed by atoms with Crippen LogP contribution in [0.3, 0.4) is 0 Å². The molecule has 0 saturated heterocycles. The van der Waals surface area contributed by atoms with E-state index in [4.69, 9.17) is 7.80 Å². The first kappa shape index (κ1) is 22.0. The number of amides is 2. The van der Waals surface area contributed by atoms with Gasteiger partial charge >= 0.3 is 0 Å². The molecule has 2 atom stereocenters. The quantitative estimate of drug-likeness (QED) is 0.369. The molecule has 0 aliphatic rings. The van der Waals surface area contributed by atoms with Crippen LogP contribution >= 0.6 is 43.8 Å². The number of nitrogens with zero attached hydrogens (tertiary/aromatic N) is 1. The number of ether oxygens (including phenoxy) is 1. The molecular formula is C17H21IN3O4PS. The van der Waals surface area contributed by atoms with Crippen molar-refractivity contribution in [3.63, 3.8) is 0 Å². The highest BCUT2D eigenvalue weighted by molar-refractivity contribution is 14.1. The first-order valence-corrected chi connectivity index (χ1v) is 10.4. The van der Waals surface area contributed by atoms with Crippen LogP contribution in [0.1, 0.15) is 21.7 Å². The van der Waals surface area contributed by atoms with Gasteiger partial charge in [0, 0.05) is 19.3 Å². The minimum atomic E-state index is -0.229. The van der Waals surface area contributed by atoms with Crippen molar-refractivity contribution in [3.8, 4) is 5.75 Å². The molecule has 0 spiro atoms. The molecule has 2 N–H and O–H groups in total. The van der Waals surface area contributed by atoms with Gasteiger partial charge in [0.25, 0.3) is 11.8 Å². The Morgan fingerprint density at radius 2 is 2.15 bits per heavy atom. The number of aryl methyl sites for hydroxylation is 1. The van der Waals surface area contributed by atoms with E-state index in [1.807, 2.05) is 25.1 Å². The van der Waals surface area contributed by atoms with Crippen molar-refractivity contribution in [2.24, 2.45) is 0 Å². The Balaban J connectivity index is 1.66. The van der Waals surface area contributed by atoms with E-state index >= 15 is 0 Å². The Hall–Kier alpha value is -1.29. The number of carbonyl (C=O) groups is 2. The molecule has 1 heterocycles. The van der Waals surface area contributed by atoms with Crippen LogP contribution in [-0.4, -0.2) is 42.0 Å². The van der Waals surface area contributed by atoms with Crippen LogP contribution in [0.15, 0.2) is 30.5 Å². The molecule has 1 aromatic carbocycles. The minimum Gasteiger partial charge on any atom is -0.484 e. The fourth-order valence-corrected chi connectivity index (χ4v) is 3.29. The number of carbonyl (C=O) groups excluding carboxylic acids is 2. The monoisotopic (exact) mass is 521 g/mol. The number of nitrogens with one attached hydrogen (secondary N) is 2. The Morgan fingerprint density at radius 1 is 1.33 bits per heavy atom. The molecule has 2 aromatic rings. The molecule has 1 aromatic heterocycles. The lowest BCUT2D eigenvalue weighted by atomic mass is 10.2. The summed E-state index contributed by atoms with van der Waals surface area (Å²) < 4.78 is 14.7. The maximum absolute atomic E-state index is 12.0. The van der Waals surface area contributed by atoms with E-state index in [0.29, 0.717) is 30.1 Å². The second kappa shape index (κ2) is 11.5. The standard InChI is InChI=1S/C17H21IN3O4PS/c1-11-2-3-12(8-14(11)26)24-10-16(22)20-9-13(25-18)4-6-19-17(23)15-5-7-21-27-15/h2-3,5,7-8,13H,4,6,9-10,26H2,1H3,(H,19,23)(H,20,22). The van der Waals surface area contributed by atoms with Crippen molar-refractivity contribution in [2.75, 3.05) is 19.7 Å². The van der Waals surface area contributed by atoms with E-state index in [1.54, 1.807) is 35.3 Å². The molecule has 0 aliphatic heterocycles. The van der Waals surface area contributed by atoms with Crippen molar-refractivity contribution < 1.29 is 17.4 Å². The normalized spacial score (nSPS) is 11.7. The van der Waals surface area contributed by atoms with Gasteiger partial charge in [-0.15, -0.1) is 9.24 Å². The van der Waals surface area contributed by atoms with Crippen LogP contribution in [0.2, 0.25) is 0 Å². The molecule has 0 aliphatic carbocycles. The molecule has 27 heavy (non-hydrogen) atoms. The molecule has 146 valence electrons. The first-order valence-electron chi connectivity index (χ1n) is 8.21. The highest BCUT2D eigenvalue weighted by Crippen LogP contribution is 2.12. The zero-order valence-electron chi connectivity index (χ0n) is 14.7. The molecule has 0 fully saturated rings. The van der Waals surface area contributed by atoms with E-state index in [1.165, 1.54) is 0 Å². The third kappa shape index (κ3) is 7.69. The van der Waals surface area contributed by atoms with Gasteiger partial charge in [0.1, 0.15) is 33.6 Å². The minimum absolute atomic E-state index is 0.0662. The smallest absolute Gasteiger partial charge is 0.262 e. The summed E-state index contributed by atoms with van der Waals surface area (Å²) in [6.07, 6.45) is 1.95. The van der Waals surface area contributed by atoms with Crippen LogP contribution in [0.5, 0.6) is 5.75 Å². The second-order valence-corrected chi connectivity index (χ2v) is 7.71. The fraction of sp³-hybridized carbons (Fsp3) is 0.353. The van der Waals surface area contributed by atoms with Crippen LogP contribution in [0.4, 0.5) is 0 Å².